The SMILES string of the molecule is CSc1ccc(/C=N\NC(=O)c2cccc(S(=O)(=O)Nc3ccc(C)cc3C)c2)cc1. The van der Waals surface area contributed by atoms with Crippen molar-refractivity contribution in [3.63, 3.8) is 0 Å². The van der Waals surface area contributed by atoms with Crippen LogP contribution in [0, 0.1) is 13.8 Å². The van der Waals surface area contributed by atoms with Crippen LogP contribution in [-0.4, -0.2) is 26.8 Å². The lowest BCUT2D eigenvalue weighted by molar-refractivity contribution is 0.0955. The molecular formula is C23H23N3O3S2. The van der Waals surface area contributed by atoms with Gasteiger partial charge in [0, 0.05) is 10.5 Å². The normalized spacial score (nSPS) is 11.5. The molecule has 0 unspecified atom stereocenters. The number of thioether (sulfide) groups is 1. The molecule has 0 aliphatic rings. The van der Waals surface area contributed by atoms with E-state index >= 15 is 0 Å². The number of nitrogens with zero attached hydrogens (tertiary/aromatic N) is 1. The van der Waals surface area contributed by atoms with Crippen LogP contribution in [0.15, 0.2) is 81.6 Å². The number of aryl methyl sites for hydroxylation is 2. The number of carbonyl (C=O) groups excluding carboxylic acids is 1. The zero-order valence-electron chi connectivity index (χ0n) is 17.4. The maximum atomic E-state index is 12.8. The van der Waals surface area contributed by atoms with Crippen molar-refractivity contribution < 1.29 is 13.2 Å². The summed E-state index contributed by atoms with van der Waals surface area (Å²) in [5.41, 5.74) is 5.82. The van der Waals surface area contributed by atoms with Crippen molar-refractivity contribution in [1.29, 1.82) is 0 Å². The first-order valence-electron chi connectivity index (χ1n) is 9.46. The first kappa shape index (κ1) is 22.6. The predicted octanol–water partition coefficient (Wildman–Crippen LogP) is 4.59. The number of hydrogen-bond donors (Lipinski definition) is 2. The third-order valence-electron chi connectivity index (χ3n) is 4.53. The highest BCUT2D eigenvalue weighted by Crippen LogP contribution is 2.21. The Morgan fingerprint density at radius 1 is 1.00 bits per heavy atom. The number of hydrazone groups is 1. The second kappa shape index (κ2) is 9.80. The third-order valence-corrected chi connectivity index (χ3v) is 6.64. The Morgan fingerprint density at radius 3 is 2.42 bits per heavy atom. The van der Waals surface area contributed by atoms with Crippen molar-refractivity contribution >= 4 is 39.6 Å². The van der Waals surface area contributed by atoms with Gasteiger partial charge in [0.25, 0.3) is 15.9 Å². The van der Waals surface area contributed by atoms with Gasteiger partial charge in [-0.1, -0.05) is 35.9 Å². The van der Waals surface area contributed by atoms with Crippen molar-refractivity contribution in [3.8, 4) is 0 Å². The summed E-state index contributed by atoms with van der Waals surface area (Å²) in [4.78, 5) is 13.6. The first-order valence-corrected chi connectivity index (χ1v) is 12.2. The van der Waals surface area contributed by atoms with E-state index in [9.17, 15) is 13.2 Å². The molecule has 0 radical (unpaired) electrons. The van der Waals surface area contributed by atoms with Crippen LogP contribution < -0.4 is 10.1 Å². The van der Waals surface area contributed by atoms with Gasteiger partial charge in [-0.2, -0.15) is 5.10 Å². The zero-order valence-corrected chi connectivity index (χ0v) is 19.0. The van der Waals surface area contributed by atoms with Crippen molar-refractivity contribution in [1.82, 2.24) is 5.43 Å². The van der Waals surface area contributed by atoms with Gasteiger partial charge in [-0.15, -0.1) is 11.8 Å². The van der Waals surface area contributed by atoms with Gasteiger partial charge < -0.3 is 0 Å². The summed E-state index contributed by atoms with van der Waals surface area (Å²) < 4.78 is 28.2. The molecule has 0 saturated heterocycles. The summed E-state index contributed by atoms with van der Waals surface area (Å²) in [6.45, 7) is 3.77. The number of amides is 1. The van der Waals surface area contributed by atoms with Gasteiger partial charge >= 0.3 is 0 Å². The molecule has 3 rings (SSSR count). The summed E-state index contributed by atoms with van der Waals surface area (Å²) >= 11 is 1.64. The van der Waals surface area contributed by atoms with E-state index < -0.39 is 15.9 Å². The van der Waals surface area contributed by atoms with Crippen LogP contribution in [0.2, 0.25) is 0 Å². The second-order valence-corrected chi connectivity index (χ2v) is 9.49. The highest BCUT2D eigenvalue weighted by atomic mass is 32.2. The summed E-state index contributed by atoms with van der Waals surface area (Å²) in [6, 6.07) is 19.0. The van der Waals surface area contributed by atoms with Crippen molar-refractivity contribution in [2.75, 3.05) is 11.0 Å². The molecule has 0 atom stereocenters. The van der Waals surface area contributed by atoms with Crippen LogP contribution in [0.4, 0.5) is 5.69 Å². The Kier molecular flexibility index (Phi) is 7.14. The number of benzene rings is 3. The minimum atomic E-state index is -3.85. The Labute approximate surface area is 186 Å². The zero-order chi connectivity index (χ0) is 22.4. The number of nitrogens with one attached hydrogen (secondary N) is 2. The number of carbonyl (C=O) groups is 1. The molecule has 0 fully saturated rings. The fourth-order valence-electron chi connectivity index (χ4n) is 2.86. The Balaban J connectivity index is 1.72. The first-order chi connectivity index (χ1) is 14.8. The molecule has 0 aromatic heterocycles. The van der Waals surface area contributed by atoms with E-state index in [2.05, 4.69) is 15.2 Å². The van der Waals surface area contributed by atoms with Gasteiger partial charge in [0.15, 0.2) is 0 Å². The van der Waals surface area contributed by atoms with Gasteiger partial charge in [-0.3, -0.25) is 9.52 Å². The van der Waals surface area contributed by atoms with Crippen LogP contribution in [-0.2, 0) is 10.0 Å². The molecule has 3 aromatic rings. The average molecular weight is 454 g/mol. The highest BCUT2D eigenvalue weighted by Gasteiger charge is 2.17. The van der Waals surface area contributed by atoms with Crippen LogP contribution in [0.1, 0.15) is 27.0 Å². The number of hydrogen-bond acceptors (Lipinski definition) is 5. The van der Waals surface area contributed by atoms with Crippen LogP contribution in [0.5, 0.6) is 0 Å². The van der Waals surface area contributed by atoms with Gasteiger partial charge in [0.2, 0.25) is 0 Å². The smallest absolute Gasteiger partial charge is 0.271 e. The molecule has 1 amide bonds. The number of sulfonamides is 1. The minimum absolute atomic E-state index is 0.00300. The standard InChI is InChI=1S/C23H23N3O3S2/c1-16-7-12-22(17(2)13-16)26-31(28,29)21-6-4-5-19(14-21)23(27)25-24-15-18-8-10-20(30-3)11-9-18/h4-15,26H,1-3H3,(H,25,27)/b24-15-. The molecule has 6 nitrogen and oxygen atoms in total. The minimum Gasteiger partial charge on any atom is -0.279 e. The molecule has 0 spiro atoms. The van der Waals surface area contributed by atoms with Crippen molar-refractivity contribution in [2.24, 2.45) is 5.10 Å². The van der Waals surface area contributed by atoms with E-state index in [4.69, 9.17) is 0 Å². The van der Waals surface area contributed by atoms with Gasteiger partial charge in [0.1, 0.15) is 0 Å². The third kappa shape index (κ3) is 5.96. The van der Waals surface area contributed by atoms with Crippen LogP contribution >= 0.6 is 11.8 Å². The lowest BCUT2D eigenvalue weighted by atomic mass is 10.1. The Hall–Kier alpha value is -3.10. The van der Waals surface area contributed by atoms with E-state index in [0.29, 0.717) is 5.69 Å². The lowest BCUT2D eigenvalue weighted by Gasteiger charge is -2.12. The van der Waals surface area contributed by atoms with Crippen LogP contribution in [0.3, 0.4) is 0 Å². The maximum Gasteiger partial charge on any atom is 0.271 e. The topological polar surface area (TPSA) is 87.6 Å². The van der Waals surface area contributed by atoms with Crippen LogP contribution in [0.25, 0.3) is 0 Å². The highest BCUT2D eigenvalue weighted by molar-refractivity contribution is 7.98. The maximum absolute atomic E-state index is 12.8. The molecule has 0 aliphatic heterocycles. The summed E-state index contributed by atoms with van der Waals surface area (Å²) in [5.74, 6) is -0.499. The Bertz CT molecular complexity index is 1220. The largest absolute Gasteiger partial charge is 0.279 e. The lowest BCUT2D eigenvalue weighted by Crippen LogP contribution is -2.19. The van der Waals surface area contributed by atoms with Gasteiger partial charge in [0.05, 0.1) is 16.8 Å². The molecule has 31 heavy (non-hydrogen) atoms. The molecule has 0 aliphatic carbocycles. The van der Waals surface area contributed by atoms with Gasteiger partial charge in [-0.05, 0) is 67.6 Å². The molecule has 0 bridgehead atoms. The van der Waals surface area contributed by atoms with E-state index in [-0.39, 0.29) is 10.5 Å². The molecule has 2 N–H and O–H groups in total. The fraction of sp³-hybridized carbons (Fsp3) is 0.130. The van der Waals surface area contributed by atoms with Crippen molar-refractivity contribution in [3.05, 3.63) is 89.0 Å². The van der Waals surface area contributed by atoms with E-state index in [0.717, 1.165) is 21.6 Å². The molecule has 3 aromatic carbocycles. The second-order valence-electron chi connectivity index (χ2n) is 6.92. The van der Waals surface area contributed by atoms with E-state index in [1.165, 1.54) is 30.5 Å². The molecule has 0 heterocycles. The van der Waals surface area contributed by atoms with E-state index in [1.807, 2.05) is 56.5 Å². The van der Waals surface area contributed by atoms with Gasteiger partial charge in [-0.25, -0.2) is 13.8 Å². The molecule has 8 heteroatoms. The fourth-order valence-corrected chi connectivity index (χ4v) is 4.44. The molecule has 0 saturated carbocycles. The predicted molar refractivity (Wildman–Crippen MR) is 126 cm³/mol. The average Bonchev–Trinajstić information content (AvgIpc) is 2.76. The summed E-state index contributed by atoms with van der Waals surface area (Å²) in [5, 5.41) is 3.96. The molecular weight excluding hydrogens is 430 g/mol. The quantitative estimate of drug-likeness (QED) is 0.311. The number of anilines is 1. The monoisotopic (exact) mass is 453 g/mol. The number of rotatable bonds is 7. The van der Waals surface area contributed by atoms with E-state index in [1.54, 1.807) is 17.8 Å². The van der Waals surface area contributed by atoms with Crippen molar-refractivity contribution in [2.45, 2.75) is 23.6 Å². The summed E-state index contributed by atoms with van der Waals surface area (Å²) in [7, 11) is -3.85. The summed E-state index contributed by atoms with van der Waals surface area (Å²) in [6.07, 6.45) is 3.53. The Morgan fingerprint density at radius 2 is 1.74 bits per heavy atom. The molecule has 160 valence electrons.